The zero-order chi connectivity index (χ0) is 13.5. The number of nitrogens with one attached hydrogen (secondary N) is 1. The molecule has 0 spiro atoms. The van der Waals surface area contributed by atoms with Crippen molar-refractivity contribution in [2.75, 3.05) is 25.1 Å². The van der Waals surface area contributed by atoms with Gasteiger partial charge in [-0.3, -0.25) is 4.79 Å². The SMILES string of the molecule is NCC#Cc1cccc(NC(=O)C2CCOCC2)n1. The zero-order valence-electron chi connectivity index (χ0n) is 10.7. The van der Waals surface area contributed by atoms with Gasteiger partial charge in [0.15, 0.2) is 0 Å². The lowest BCUT2D eigenvalue weighted by atomic mass is 9.99. The van der Waals surface area contributed by atoms with Gasteiger partial charge in [-0.2, -0.15) is 0 Å². The van der Waals surface area contributed by atoms with Crippen molar-refractivity contribution in [2.24, 2.45) is 11.7 Å². The summed E-state index contributed by atoms with van der Waals surface area (Å²) in [5, 5.41) is 2.82. The quantitative estimate of drug-likeness (QED) is 0.769. The van der Waals surface area contributed by atoms with E-state index in [2.05, 4.69) is 22.1 Å². The number of hydrogen-bond acceptors (Lipinski definition) is 4. The van der Waals surface area contributed by atoms with Gasteiger partial charge in [0.1, 0.15) is 11.5 Å². The van der Waals surface area contributed by atoms with Crippen LogP contribution in [0.2, 0.25) is 0 Å². The molecule has 1 aromatic heterocycles. The molecule has 5 heteroatoms. The molecule has 0 saturated carbocycles. The summed E-state index contributed by atoms with van der Waals surface area (Å²) in [5.41, 5.74) is 5.92. The first-order valence-corrected chi connectivity index (χ1v) is 6.34. The second-order valence-electron chi connectivity index (χ2n) is 4.29. The Kier molecular flexibility index (Phi) is 4.90. The molecule has 0 unspecified atom stereocenters. The number of rotatable bonds is 2. The molecule has 3 N–H and O–H groups in total. The molecule has 1 aromatic rings. The van der Waals surface area contributed by atoms with Crippen molar-refractivity contribution in [1.29, 1.82) is 0 Å². The maximum Gasteiger partial charge on any atom is 0.228 e. The molecule has 1 aliphatic rings. The van der Waals surface area contributed by atoms with Crippen LogP contribution in [0, 0.1) is 17.8 Å². The lowest BCUT2D eigenvalue weighted by Crippen LogP contribution is -2.28. The molecule has 1 saturated heterocycles. The van der Waals surface area contributed by atoms with Crippen molar-refractivity contribution in [3.05, 3.63) is 23.9 Å². The summed E-state index contributed by atoms with van der Waals surface area (Å²) in [7, 11) is 0. The molecular formula is C14H17N3O2. The zero-order valence-corrected chi connectivity index (χ0v) is 10.7. The molecule has 0 aromatic carbocycles. The van der Waals surface area contributed by atoms with Crippen molar-refractivity contribution in [3.8, 4) is 11.8 Å². The third-order valence-corrected chi connectivity index (χ3v) is 2.91. The average molecular weight is 259 g/mol. The number of anilines is 1. The van der Waals surface area contributed by atoms with Gasteiger partial charge in [-0.05, 0) is 30.9 Å². The van der Waals surface area contributed by atoms with Gasteiger partial charge in [-0.25, -0.2) is 4.98 Å². The van der Waals surface area contributed by atoms with E-state index in [1.165, 1.54) is 0 Å². The third-order valence-electron chi connectivity index (χ3n) is 2.91. The molecule has 0 bridgehead atoms. The highest BCUT2D eigenvalue weighted by atomic mass is 16.5. The first kappa shape index (κ1) is 13.5. The molecule has 19 heavy (non-hydrogen) atoms. The van der Waals surface area contributed by atoms with E-state index in [1.54, 1.807) is 12.1 Å². The number of ether oxygens (including phenoxy) is 1. The van der Waals surface area contributed by atoms with E-state index in [4.69, 9.17) is 10.5 Å². The van der Waals surface area contributed by atoms with Crippen LogP contribution in [0.4, 0.5) is 5.82 Å². The first-order chi connectivity index (χ1) is 9.29. The number of nitrogens with two attached hydrogens (primary N) is 1. The Hall–Kier alpha value is -1.90. The largest absolute Gasteiger partial charge is 0.381 e. The fourth-order valence-electron chi connectivity index (χ4n) is 1.90. The van der Waals surface area contributed by atoms with Crippen LogP contribution in [-0.4, -0.2) is 30.6 Å². The van der Waals surface area contributed by atoms with E-state index in [-0.39, 0.29) is 11.8 Å². The monoisotopic (exact) mass is 259 g/mol. The Morgan fingerprint density at radius 2 is 2.26 bits per heavy atom. The average Bonchev–Trinajstić information content (AvgIpc) is 2.46. The van der Waals surface area contributed by atoms with Gasteiger partial charge in [0.05, 0.1) is 6.54 Å². The Balaban J connectivity index is 1.99. The summed E-state index contributed by atoms with van der Waals surface area (Å²) >= 11 is 0. The minimum Gasteiger partial charge on any atom is -0.381 e. The van der Waals surface area contributed by atoms with Gasteiger partial charge in [0.25, 0.3) is 0 Å². The summed E-state index contributed by atoms with van der Waals surface area (Å²) in [6, 6.07) is 5.35. The van der Waals surface area contributed by atoms with Crippen molar-refractivity contribution >= 4 is 11.7 Å². The van der Waals surface area contributed by atoms with Gasteiger partial charge in [-0.1, -0.05) is 12.0 Å². The molecule has 2 rings (SSSR count). The highest BCUT2D eigenvalue weighted by Crippen LogP contribution is 2.16. The van der Waals surface area contributed by atoms with E-state index in [0.29, 0.717) is 31.3 Å². The van der Waals surface area contributed by atoms with E-state index >= 15 is 0 Å². The van der Waals surface area contributed by atoms with E-state index in [9.17, 15) is 4.79 Å². The number of carbonyl (C=O) groups is 1. The van der Waals surface area contributed by atoms with E-state index in [0.717, 1.165) is 12.8 Å². The molecule has 0 aliphatic carbocycles. The van der Waals surface area contributed by atoms with E-state index < -0.39 is 0 Å². The molecule has 2 heterocycles. The van der Waals surface area contributed by atoms with Crippen LogP contribution in [0.1, 0.15) is 18.5 Å². The van der Waals surface area contributed by atoms with Crippen LogP contribution in [-0.2, 0) is 9.53 Å². The number of aromatic nitrogens is 1. The summed E-state index contributed by atoms with van der Waals surface area (Å²) < 4.78 is 5.24. The van der Waals surface area contributed by atoms with Crippen LogP contribution < -0.4 is 11.1 Å². The Bertz CT molecular complexity index is 499. The van der Waals surface area contributed by atoms with E-state index in [1.807, 2.05) is 6.07 Å². The number of pyridine rings is 1. The summed E-state index contributed by atoms with van der Waals surface area (Å²) in [5.74, 6) is 6.11. The maximum atomic E-state index is 12.0. The number of carbonyl (C=O) groups excluding carboxylic acids is 1. The molecule has 1 amide bonds. The second-order valence-corrected chi connectivity index (χ2v) is 4.29. The van der Waals surface area contributed by atoms with Gasteiger partial charge >= 0.3 is 0 Å². The predicted octanol–water partition coefficient (Wildman–Crippen LogP) is 0.757. The summed E-state index contributed by atoms with van der Waals surface area (Å²) in [6.45, 7) is 1.58. The van der Waals surface area contributed by atoms with Crippen LogP contribution in [0.15, 0.2) is 18.2 Å². The highest BCUT2D eigenvalue weighted by molar-refractivity contribution is 5.91. The first-order valence-electron chi connectivity index (χ1n) is 6.34. The molecule has 5 nitrogen and oxygen atoms in total. The van der Waals surface area contributed by atoms with Crippen molar-refractivity contribution < 1.29 is 9.53 Å². The third kappa shape index (κ3) is 4.05. The summed E-state index contributed by atoms with van der Waals surface area (Å²) in [4.78, 5) is 16.3. The van der Waals surface area contributed by atoms with Crippen molar-refractivity contribution in [1.82, 2.24) is 4.98 Å². The molecule has 0 atom stereocenters. The van der Waals surface area contributed by atoms with Crippen LogP contribution in [0.3, 0.4) is 0 Å². The lowest BCUT2D eigenvalue weighted by Gasteiger charge is -2.20. The fraction of sp³-hybridized carbons (Fsp3) is 0.429. The van der Waals surface area contributed by atoms with Crippen molar-refractivity contribution in [3.63, 3.8) is 0 Å². The molecular weight excluding hydrogens is 242 g/mol. The predicted molar refractivity (Wildman–Crippen MR) is 72.3 cm³/mol. The minimum absolute atomic E-state index is 0.000246. The Morgan fingerprint density at radius 3 is 3.00 bits per heavy atom. The Labute approximate surface area is 112 Å². The molecule has 1 fully saturated rings. The van der Waals surface area contributed by atoms with Crippen LogP contribution >= 0.6 is 0 Å². The molecule has 0 radical (unpaired) electrons. The molecule has 1 aliphatic heterocycles. The van der Waals surface area contributed by atoms with Gasteiger partial charge in [0.2, 0.25) is 5.91 Å². The number of nitrogens with zero attached hydrogens (tertiary/aromatic N) is 1. The lowest BCUT2D eigenvalue weighted by molar-refractivity contribution is -0.122. The standard InChI is InChI=1S/C14H17N3O2/c15-8-2-4-12-3-1-5-13(16-12)17-14(18)11-6-9-19-10-7-11/h1,3,5,11H,6-10,15H2,(H,16,17,18). The van der Waals surface area contributed by atoms with Gasteiger partial charge < -0.3 is 15.8 Å². The maximum absolute atomic E-state index is 12.0. The minimum atomic E-state index is -0.000246. The van der Waals surface area contributed by atoms with Crippen molar-refractivity contribution in [2.45, 2.75) is 12.8 Å². The topological polar surface area (TPSA) is 77.2 Å². The fourth-order valence-corrected chi connectivity index (χ4v) is 1.90. The van der Waals surface area contributed by atoms with Gasteiger partial charge in [-0.15, -0.1) is 0 Å². The molecule has 100 valence electrons. The number of hydrogen-bond donors (Lipinski definition) is 2. The van der Waals surface area contributed by atoms with Crippen LogP contribution in [0.5, 0.6) is 0 Å². The number of amides is 1. The Morgan fingerprint density at radius 1 is 1.47 bits per heavy atom. The van der Waals surface area contributed by atoms with Gasteiger partial charge in [0, 0.05) is 19.1 Å². The highest BCUT2D eigenvalue weighted by Gasteiger charge is 2.21. The smallest absolute Gasteiger partial charge is 0.228 e. The normalized spacial score (nSPS) is 15.4. The van der Waals surface area contributed by atoms with Crippen LogP contribution in [0.25, 0.3) is 0 Å². The summed E-state index contributed by atoms with van der Waals surface area (Å²) in [6.07, 6.45) is 1.52. The second kappa shape index (κ2) is 6.88.